The van der Waals surface area contributed by atoms with Gasteiger partial charge in [0.05, 0.1) is 23.4 Å². The molecule has 156 valence electrons. The summed E-state index contributed by atoms with van der Waals surface area (Å²) in [6.07, 6.45) is 3.84. The minimum Gasteiger partial charge on any atom is -0.495 e. The molecule has 1 heterocycles. The van der Waals surface area contributed by atoms with Crippen LogP contribution in [0.3, 0.4) is 0 Å². The van der Waals surface area contributed by atoms with Gasteiger partial charge in [-0.25, -0.2) is 8.42 Å². The van der Waals surface area contributed by atoms with E-state index in [0.29, 0.717) is 24.5 Å². The van der Waals surface area contributed by atoms with Crippen molar-refractivity contribution < 1.29 is 17.9 Å². The van der Waals surface area contributed by atoms with Gasteiger partial charge in [0.15, 0.2) is 0 Å². The van der Waals surface area contributed by atoms with E-state index in [-0.39, 0.29) is 16.6 Å². The molecule has 0 aliphatic carbocycles. The molecule has 0 unspecified atom stereocenters. The Labute approximate surface area is 176 Å². The number of amides is 1. The predicted octanol–water partition coefficient (Wildman–Crippen LogP) is 3.99. The number of carbonyl (C=O) groups excluding carboxylic acids is 1. The Hall–Kier alpha value is -2.03. The smallest absolute Gasteiger partial charge is 0.243 e. The van der Waals surface area contributed by atoms with Crippen LogP contribution in [0.25, 0.3) is 0 Å². The summed E-state index contributed by atoms with van der Waals surface area (Å²) in [6, 6.07) is 14.2. The fourth-order valence-electron chi connectivity index (χ4n) is 3.23. The number of hydrogen-bond acceptors (Lipinski definition) is 5. The second-order valence-corrected chi connectivity index (χ2v) is 9.82. The van der Waals surface area contributed by atoms with Gasteiger partial charge in [-0.3, -0.25) is 4.79 Å². The van der Waals surface area contributed by atoms with Gasteiger partial charge >= 0.3 is 0 Å². The van der Waals surface area contributed by atoms with Gasteiger partial charge in [-0.15, -0.1) is 11.8 Å². The maximum atomic E-state index is 13.1. The van der Waals surface area contributed by atoms with Crippen LogP contribution in [0.5, 0.6) is 5.75 Å². The lowest BCUT2D eigenvalue weighted by Gasteiger charge is -2.21. The van der Waals surface area contributed by atoms with Crippen LogP contribution >= 0.6 is 11.8 Å². The summed E-state index contributed by atoms with van der Waals surface area (Å²) in [5.74, 6) is 0.426. The van der Waals surface area contributed by atoms with Gasteiger partial charge in [0.25, 0.3) is 0 Å². The third-order valence-corrected chi connectivity index (χ3v) is 7.67. The molecule has 0 bridgehead atoms. The first kappa shape index (κ1) is 21.7. The van der Waals surface area contributed by atoms with E-state index in [1.165, 1.54) is 31.0 Å². The maximum Gasteiger partial charge on any atom is 0.243 e. The van der Waals surface area contributed by atoms with E-state index in [1.807, 2.05) is 30.3 Å². The molecule has 8 heteroatoms. The van der Waals surface area contributed by atoms with E-state index in [0.717, 1.165) is 30.6 Å². The lowest BCUT2D eigenvalue weighted by molar-refractivity contribution is -0.113. The molecule has 0 radical (unpaired) electrons. The molecule has 1 saturated heterocycles. The number of benzene rings is 2. The second-order valence-electron chi connectivity index (χ2n) is 6.83. The van der Waals surface area contributed by atoms with Gasteiger partial charge in [0.2, 0.25) is 15.9 Å². The number of nitrogens with zero attached hydrogens (tertiary/aromatic N) is 1. The highest BCUT2D eigenvalue weighted by molar-refractivity contribution is 8.00. The standard InChI is InChI=1S/C21H26N2O4S2/c1-27-20-12-11-18(29(25,26)23-13-7-2-3-8-14-23)15-19(20)22-21(24)16-28-17-9-5-4-6-10-17/h4-6,9-12,15H,2-3,7-8,13-14,16H2,1H3,(H,22,24). The monoisotopic (exact) mass is 434 g/mol. The van der Waals surface area contributed by atoms with Crippen LogP contribution in [-0.2, 0) is 14.8 Å². The molecule has 0 atom stereocenters. The summed E-state index contributed by atoms with van der Waals surface area (Å²) >= 11 is 1.42. The molecule has 0 aromatic heterocycles. The fraction of sp³-hybridized carbons (Fsp3) is 0.381. The first-order valence-corrected chi connectivity index (χ1v) is 12.1. The average Bonchev–Trinajstić information content (AvgIpc) is 3.03. The zero-order valence-corrected chi connectivity index (χ0v) is 18.1. The van der Waals surface area contributed by atoms with Gasteiger partial charge in [0, 0.05) is 18.0 Å². The van der Waals surface area contributed by atoms with E-state index in [9.17, 15) is 13.2 Å². The molecule has 29 heavy (non-hydrogen) atoms. The van der Waals surface area contributed by atoms with Crippen LogP contribution < -0.4 is 10.1 Å². The summed E-state index contributed by atoms with van der Waals surface area (Å²) in [6.45, 7) is 1.06. The largest absolute Gasteiger partial charge is 0.495 e. The maximum absolute atomic E-state index is 13.1. The molecule has 0 spiro atoms. The number of ether oxygens (including phenoxy) is 1. The van der Waals surface area contributed by atoms with Crippen molar-refractivity contribution in [3.8, 4) is 5.75 Å². The van der Waals surface area contributed by atoms with E-state index < -0.39 is 10.0 Å². The quantitative estimate of drug-likeness (QED) is 0.667. The number of thioether (sulfide) groups is 1. The molecule has 2 aromatic carbocycles. The molecular weight excluding hydrogens is 408 g/mol. The Morgan fingerprint density at radius 2 is 1.76 bits per heavy atom. The van der Waals surface area contributed by atoms with Crippen LogP contribution in [0, 0.1) is 0 Å². The van der Waals surface area contributed by atoms with Gasteiger partial charge in [0.1, 0.15) is 5.75 Å². The normalized spacial score (nSPS) is 15.5. The number of hydrogen-bond donors (Lipinski definition) is 1. The van der Waals surface area contributed by atoms with Crippen molar-refractivity contribution >= 4 is 33.4 Å². The minimum absolute atomic E-state index is 0.172. The molecule has 1 amide bonds. The topological polar surface area (TPSA) is 75.7 Å². The van der Waals surface area contributed by atoms with Gasteiger partial charge in [-0.1, -0.05) is 31.0 Å². The highest BCUT2D eigenvalue weighted by Gasteiger charge is 2.26. The van der Waals surface area contributed by atoms with Crippen LogP contribution in [0.1, 0.15) is 25.7 Å². The predicted molar refractivity (Wildman–Crippen MR) is 116 cm³/mol. The van der Waals surface area contributed by atoms with E-state index in [2.05, 4.69) is 5.32 Å². The van der Waals surface area contributed by atoms with Crippen molar-refractivity contribution in [2.24, 2.45) is 0 Å². The van der Waals surface area contributed by atoms with Crippen molar-refractivity contribution in [1.82, 2.24) is 4.31 Å². The van der Waals surface area contributed by atoms with E-state index in [4.69, 9.17) is 4.74 Å². The van der Waals surface area contributed by atoms with E-state index >= 15 is 0 Å². The molecule has 1 aliphatic heterocycles. The van der Waals surface area contributed by atoms with Gasteiger partial charge < -0.3 is 10.1 Å². The SMILES string of the molecule is COc1ccc(S(=O)(=O)N2CCCCCC2)cc1NC(=O)CSc1ccccc1. The number of sulfonamides is 1. The number of methoxy groups -OCH3 is 1. The van der Waals surface area contributed by atoms with E-state index in [1.54, 1.807) is 10.4 Å². The number of nitrogens with one attached hydrogen (secondary N) is 1. The average molecular weight is 435 g/mol. The minimum atomic E-state index is -3.60. The van der Waals surface area contributed by atoms with Crippen molar-refractivity contribution in [2.75, 3.05) is 31.3 Å². The fourth-order valence-corrected chi connectivity index (χ4v) is 5.49. The molecule has 6 nitrogen and oxygen atoms in total. The Bertz CT molecular complexity index is 925. The summed E-state index contributed by atoms with van der Waals surface area (Å²) in [4.78, 5) is 13.6. The Morgan fingerprint density at radius 1 is 1.07 bits per heavy atom. The lowest BCUT2D eigenvalue weighted by Crippen LogP contribution is -2.32. The van der Waals surface area contributed by atoms with Crippen molar-refractivity contribution in [1.29, 1.82) is 0 Å². The lowest BCUT2D eigenvalue weighted by atomic mass is 10.2. The van der Waals surface area contributed by atoms with Gasteiger partial charge in [-0.2, -0.15) is 4.31 Å². The highest BCUT2D eigenvalue weighted by Crippen LogP contribution is 2.30. The summed E-state index contributed by atoms with van der Waals surface area (Å²) in [7, 11) is -2.11. The summed E-state index contributed by atoms with van der Waals surface area (Å²) in [5, 5.41) is 2.79. The molecule has 1 N–H and O–H groups in total. The van der Waals surface area contributed by atoms with Crippen LogP contribution in [0.15, 0.2) is 58.3 Å². The Kier molecular flexibility index (Phi) is 7.57. The van der Waals surface area contributed by atoms with Crippen molar-refractivity contribution in [3.05, 3.63) is 48.5 Å². The zero-order valence-electron chi connectivity index (χ0n) is 16.5. The number of carbonyl (C=O) groups is 1. The Balaban J connectivity index is 1.75. The highest BCUT2D eigenvalue weighted by atomic mass is 32.2. The third kappa shape index (κ3) is 5.74. The third-order valence-electron chi connectivity index (χ3n) is 4.76. The van der Waals surface area contributed by atoms with Crippen LogP contribution in [0.2, 0.25) is 0 Å². The van der Waals surface area contributed by atoms with Crippen LogP contribution in [-0.4, -0.2) is 44.6 Å². The van der Waals surface area contributed by atoms with Crippen molar-refractivity contribution in [3.63, 3.8) is 0 Å². The second kappa shape index (κ2) is 10.1. The molecular formula is C21H26N2O4S2. The summed E-state index contributed by atoms with van der Waals surface area (Å²) < 4.78 is 33.0. The van der Waals surface area contributed by atoms with Crippen LogP contribution in [0.4, 0.5) is 5.69 Å². The molecule has 0 saturated carbocycles. The first-order valence-electron chi connectivity index (χ1n) is 9.66. The van der Waals surface area contributed by atoms with Crippen molar-refractivity contribution in [2.45, 2.75) is 35.5 Å². The molecule has 1 fully saturated rings. The molecule has 2 aromatic rings. The number of rotatable bonds is 7. The number of anilines is 1. The summed E-state index contributed by atoms with van der Waals surface area (Å²) in [5.41, 5.74) is 0.363. The molecule has 3 rings (SSSR count). The first-order chi connectivity index (χ1) is 14.0. The Morgan fingerprint density at radius 3 is 2.41 bits per heavy atom. The van der Waals surface area contributed by atoms with Gasteiger partial charge in [-0.05, 0) is 43.2 Å². The molecule has 1 aliphatic rings. The zero-order chi connectivity index (χ0) is 20.7.